The zero-order valence-electron chi connectivity index (χ0n) is 11.8. The Bertz CT molecular complexity index is 378. The van der Waals surface area contributed by atoms with Crippen LogP contribution < -0.4 is 0 Å². The van der Waals surface area contributed by atoms with Gasteiger partial charge in [-0.25, -0.2) is 0 Å². The van der Waals surface area contributed by atoms with Gasteiger partial charge in [0, 0.05) is 0 Å². The highest BCUT2D eigenvalue weighted by Crippen LogP contribution is 2.45. The Labute approximate surface area is 116 Å². The first-order valence-electron chi connectivity index (χ1n) is 7.14. The van der Waals surface area contributed by atoms with Crippen LogP contribution in [-0.2, 0) is 15.3 Å². The van der Waals surface area contributed by atoms with Crippen LogP contribution >= 0.6 is 7.60 Å². The molecule has 1 aromatic rings. The summed E-state index contributed by atoms with van der Waals surface area (Å²) in [6, 6.07) is 9.31. The molecule has 0 aliphatic heterocycles. The molecule has 0 aliphatic carbocycles. The maximum atomic E-state index is 11.9. The van der Waals surface area contributed by atoms with Crippen LogP contribution in [0.25, 0.3) is 0 Å². The van der Waals surface area contributed by atoms with E-state index in [0.29, 0.717) is 6.61 Å². The molecule has 1 rings (SSSR count). The van der Waals surface area contributed by atoms with E-state index in [-0.39, 0.29) is 6.16 Å². The van der Waals surface area contributed by atoms with Crippen molar-refractivity contribution in [3.8, 4) is 0 Å². The van der Waals surface area contributed by atoms with Crippen LogP contribution in [0.1, 0.15) is 51.0 Å². The Balaban J connectivity index is 2.15. The van der Waals surface area contributed by atoms with Crippen molar-refractivity contribution in [3.63, 3.8) is 0 Å². The smallest absolute Gasteiger partial charge is 0.324 e. The van der Waals surface area contributed by atoms with Crippen molar-refractivity contribution in [1.29, 1.82) is 0 Å². The minimum absolute atomic E-state index is 0.101. The maximum Gasteiger partial charge on any atom is 0.332 e. The quantitative estimate of drug-likeness (QED) is 0.498. The molecule has 3 nitrogen and oxygen atoms in total. The third-order valence-corrected chi connectivity index (χ3v) is 4.37. The van der Waals surface area contributed by atoms with Crippen LogP contribution in [-0.4, -0.2) is 11.5 Å². The molecular formula is C15H25O3P. The van der Waals surface area contributed by atoms with Crippen LogP contribution in [0.5, 0.6) is 0 Å². The van der Waals surface area contributed by atoms with Gasteiger partial charge in [0.1, 0.15) is 0 Å². The normalized spacial score (nSPS) is 14.2. The molecule has 19 heavy (non-hydrogen) atoms. The summed E-state index contributed by atoms with van der Waals surface area (Å²) in [5, 5.41) is 0. The number of hydrogen-bond donors (Lipinski definition) is 1. The molecule has 0 amide bonds. The van der Waals surface area contributed by atoms with Crippen LogP contribution in [0, 0.1) is 0 Å². The number of hydrogen-bond acceptors (Lipinski definition) is 2. The number of benzene rings is 1. The lowest BCUT2D eigenvalue weighted by molar-refractivity contribution is 0.251. The summed E-state index contributed by atoms with van der Waals surface area (Å²) in [6.07, 6.45) is 6.98. The maximum absolute atomic E-state index is 11.9. The Morgan fingerprint density at radius 3 is 2.37 bits per heavy atom. The van der Waals surface area contributed by atoms with Crippen LogP contribution in [0.3, 0.4) is 0 Å². The lowest BCUT2D eigenvalue weighted by atomic mass is 10.1. The van der Waals surface area contributed by atoms with Crippen molar-refractivity contribution >= 4 is 7.60 Å². The molecule has 0 fully saturated rings. The van der Waals surface area contributed by atoms with E-state index < -0.39 is 7.60 Å². The van der Waals surface area contributed by atoms with E-state index in [0.717, 1.165) is 18.4 Å². The van der Waals surface area contributed by atoms with Crippen LogP contribution in [0.15, 0.2) is 30.3 Å². The number of rotatable bonds is 10. The molecule has 0 bridgehead atoms. The van der Waals surface area contributed by atoms with Crippen molar-refractivity contribution in [1.82, 2.24) is 0 Å². The van der Waals surface area contributed by atoms with E-state index in [1.807, 2.05) is 30.3 Å². The molecule has 0 aromatic heterocycles. The van der Waals surface area contributed by atoms with Gasteiger partial charge in [0.25, 0.3) is 0 Å². The predicted molar refractivity (Wildman–Crippen MR) is 79.3 cm³/mol. The highest BCUT2D eigenvalue weighted by Gasteiger charge is 2.19. The van der Waals surface area contributed by atoms with E-state index in [1.165, 1.54) is 25.7 Å². The molecule has 0 saturated carbocycles. The van der Waals surface area contributed by atoms with Gasteiger partial charge in [0.2, 0.25) is 0 Å². The fourth-order valence-electron chi connectivity index (χ4n) is 1.95. The summed E-state index contributed by atoms with van der Waals surface area (Å²) < 4.78 is 17.0. The molecule has 1 atom stereocenters. The molecule has 0 radical (unpaired) electrons. The fraction of sp³-hybridized carbons (Fsp3) is 0.600. The minimum Gasteiger partial charge on any atom is -0.324 e. The van der Waals surface area contributed by atoms with Crippen molar-refractivity contribution in [2.24, 2.45) is 0 Å². The van der Waals surface area contributed by atoms with E-state index in [9.17, 15) is 9.46 Å². The largest absolute Gasteiger partial charge is 0.332 e. The van der Waals surface area contributed by atoms with Gasteiger partial charge < -0.3 is 9.42 Å². The summed E-state index contributed by atoms with van der Waals surface area (Å²) in [4.78, 5) is 9.74. The molecule has 1 unspecified atom stereocenters. The topological polar surface area (TPSA) is 46.5 Å². The highest BCUT2D eigenvalue weighted by atomic mass is 31.2. The molecular weight excluding hydrogens is 259 g/mol. The molecule has 108 valence electrons. The van der Waals surface area contributed by atoms with Crippen molar-refractivity contribution in [3.05, 3.63) is 35.9 Å². The lowest BCUT2D eigenvalue weighted by Crippen LogP contribution is -1.96. The van der Waals surface area contributed by atoms with E-state index >= 15 is 0 Å². The highest BCUT2D eigenvalue weighted by molar-refractivity contribution is 7.51. The average Bonchev–Trinajstić information content (AvgIpc) is 2.38. The monoisotopic (exact) mass is 284 g/mol. The van der Waals surface area contributed by atoms with Gasteiger partial charge >= 0.3 is 7.60 Å². The molecule has 0 spiro atoms. The van der Waals surface area contributed by atoms with Crippen molar-refractivity contribution < 1.29 is 14.0 Å². The summed E-state index contributed by atoms with van der Waals surface area (Å²) in [6.45, 7) is 2.57. The van der Waals surface area contributed by atoms with Gasteiger partial charge in [0.05, 0.1) is 12.8 Å². The summed E-state index contributed by atoms with van der Waals surface area (Å²) in [5.41, 5.74) is 0.844. The van der Waals surface area contributed by atoms with Gasteiger partial charge in [-0.2, -0.15) is 0 Å². The van der Waals surface area contributed by atoms with Gasteiger partial charge in [-0.1, -0.05) is 69.4 Å². The van der Waals surface area contributed by atoms with Crippen molar-refractivity contribution in [2.75, 3.05) is 6.61 Å². The zero-order valence-corrected chi connectivity index (χ0v) is 12.6. The second kappa shape index (κ2) is 9.30. The predicted octanol–water partition coefficient (Wildman–Crippen LogP) is 4.75. The Hall–Kier alpha value is -0.630. The van der Waals surface area contributed by atoms with Crippen LogP contribution in [0.2, 0.25) is 0 Å². The standard InChI is InChI=1S/C15H25O3P/c1-2-3-4-5-6-10-13-18-19(16,17)14-15-11-8-7-9-12-15/h7-9,11-12H,2-6,10,13-14H2,1H3,(H,16,17). The summed E-state index contributed by atoms with van der Waals surface area (Å²) in [7, 11) is -3.48. The Morgan fingerprint density at radius 1 is 1.05 bits per heavy atom. The third-order valence-electron chi connectivity index (χ3n) is 3.02. The molecule has 0 saturated heterocycles. The zero-order chi connectivity index (χ0) is 14.0. The molecule has 4 heteroatoms. The van der Waals surface area contributed by atoms with Gasteiger partial charge in [0.15, 0.2) is 0 Å². The lowest BCUT2D eigenvalue weighted by Gasteiger charge is -2.12. The van der Waals surface area contributed by atoms with E-state index in [2.05, 4.69) is 6.92 Å². The second-order valence-electron chi connectivity index (χ2n) is 4.88. The minimum atomic E-state index is -3.48. The van der Waals surface area contributed by atoms with Gasteiger partial charge in [-0.05, 0) is 12.0 Å². The molecule has 1 N–H and O–H groups in total. The molecule has 0 heterocycles. The van der Waals surface area contributed by atoms with Crippen LogP contribution in [0.4, 0.5) is 0 Å². The average molecular weight is 284 g/mol. The fourth-order valence-corrected chi connectivity index (χ4v) is 3.13. The molecule has 0 aliphatic rings. The Morgan fingerprint density at radius 2 is 1.68 bits per heavy atom. The third kappa shape index (κ3) is 8.20. The first-order chi connectivity index (χ1) is 9.14. The summed E-state index contributed by atoms with van der Waals surface area (Å²) in [5.74, 6) is 0. The second-order valence-corrected chi connectivity index (χ2v) is 6.73. The Kier molecular flexibility index (Phi) is 8.04. The first kappa shape index (κ1) is 16.4. The van der Waals surface area contributed by atoms with E-state index in [4.69, 9.17) is 4.52 Å². The molecule has 1 aromatic carbocycles. The van der Waals surface area contributed by atoms with E-state index in [1.54, 1.807) is 0 Å². The SMILES string of the molecule is CCCCCCCCOP(=O)(O)Cc1ccccc1. The first-order valence-corrected chi connectivity index (χ1v) is 8.90. The number of unbranched alkanes of at least 4 members (excludes halogenated alkanes) is 5. The van der Waals surface area contributed by atoms with Crippen molar-refractivity contribution in [2.45, 2.75) is 51.6 Å². The van der Waals surface area contributed by atoms with Gasteiger partial charge in [-0.3, -0.25) is 4.57 Å². The summed E-state index contributed by atoms with van der Waals surface area (Å²) >= 11 is 0. The van der Waals surface area contributed by atoms with Gasteiger partial charge in [-0.15, -0.1) is 0 Å².